The first-order valence-corrected chi connectivity index (χ1v) is 16.6. The molecule has 0 bridgehead atoms. The van der Waals surface area contributed by atoms with E-state index in [4.69, 9.17) is 16.3 Å². The number of halogens is 2. The van der Waals surface area contributed by atoms with Crippen molar-refractivity contribution in [3.8, 4) is 11.1 Å². The van der Waals surface area contributed by atoms with Crippen molar-refractivity contribution in [3.63, 3.8) is 0 Å². The first-order valence-electron chi connectivity index (χ1n) is 13.8. The van der Waals surface area contributed by atoms with Gasteiger partial charge in [-0.2, -0.15) is 22.0 Å². The molecular formula is C31H38BrClN6O3S. The number of hydrogen-bond acceptors (Lipinski definition) is 6. The van der Waals surface area contributed by atoms with Gasteiger partial charge in [-0.15, -0.1) is 0 Å². The number of aryl methyl sites for hydroxylation is 2. The Morgan fingerprint density at radius 3 is 2.44 bits per heavy atom. The van der Waals surface area contributed by atoms with E-state index in [0.717, 1.165) is 39.0 Å². The molecule has 0 aliphatic heterocycles. The second kappa shape index (κ2) is 16.7. The zero-order chi connectivity index (χ0) is 31.5. The number of benzene rings is 2. The van der Waals surface area contributed by atoms with E-state index in [1.807, 2.05) is 67.4 Å². The maximum absolute atomic E-state index is 13.5. The second-order valence-electron chi connectivity index (χ2n) is 9.86. The topological polar surface area (TPSA) is 103 Å². The number of carbonyl (C=O) groups excluding carboxylic acids is 2. The van der Waals surface area contributed by atoms with Crippen LogP contribution in [0.5, 0.6) is 0 Å². The highest BCUT2D eigenvalue weighted by Crippen LogP contribution is 2.28. The van der Waals surface area contributed by atoms with Gasteiger partial charge in [-0.1, -0.05) is 46.6 Å². The van der Waals surface area contributed by atoms with Crippen molar-refractivity contribution in [1.29, 1.82) is 0 Å². The molecule has 0 fully saturated rings. The lowest BCUT2D eigenvalue weighted by atomic mass is 10.0. The number of ether oxygens (including phenoxy) is 1. The average Bonchev–Trinajstić information content (AvgIpc) is 3.53. The molecule has 9 nitrogen and oxygen atoms in total. The maximum atomic E-state index is 13.5. The van der Waals surface area contributed by atoms with E-state index >= 15 is 0 Å². The Kier molecular flexibility index (Phi) is 13.3. The Balaban J connectivity index is 0.00000162. The highest BCUT2D eigenvalue weighted by Gasteiger charge is 2.25. The van der Waals surface area contributed by atoms with Crippen LogP contribution in [0.4, 0.5) is 5.69 Å². The van der Waals surface area contributed by atoms with Gasteiger partial charge in [0.1, 0.15) is 18.5 Å². The lowest BCUT2D eigenvalue weighted by Crippen LogP contribution is -2.45. The molecule has 4 rings (SSSR count). The maximum Gasteiger partial charge on any atom is 0.270 e. The largest absolute Gasteiger partial charge is 0.359 e. The number of anilines is 1. The van der Waals surface area contributed by atoms with E-state index in [1.54, 1.807) is 30.9 Å². The summed E-state index contributed by atoms with van der Waals surface area (Å²) in [7, 11) is 1.67. The molecule has 4 aromatic rings. The molecule has 2 N–H and O–H groups in total. The molecule has 2 aromatic carbocycles. The minimum Gasteiger partial charge on any atom is -0.359 e. The molecule has 0 spiro atoms. The quantitative estimate of drug-likeness (QED) is 0.171. The molecule has 1 unspecified atom stereocenters. The fraction of sp³-hybridized carbons (Fsp3) is 0.355. The first-order chi connectivity index (χ1) is 20.6. The van der Waals surface area contributed by atoms with Crippen LogP contribution < -0.4 is 10.6 Å². The molecule has 230 valence electrons. The average molecular weight is 690 g/mol. The standard InChI is InChI=1S/C29H32BrClN6O3.C2H6S/c1-5-14-40-17-37-19(3)27(18(2)35-37)20-6-9-23(10-7-20)33-28(38)25(16-21-15-22(30)8-11-24(21)31)34-29(39)26-12-13-32-36(26)4;1-3-2/h6-13,15,25H,5,14,16-17H2,1-4H3,(H,33,38)(H,34,39);1-2H3. The van der Waals surface area contributed by atoms with Gasteiger partial charge in [0.25, 0.3) is 5.91 Å². The summed E-state index contributed by atoms with van der Waals surface area (Å²) < 4.78 is 9.80. The molecule has 0 saturated heterocycles. The summed E-state index contributed by atoms with van der Waals surface area (Å²) >= 11 is 11.6. The molecule has 12 heteroatoms. The van der Waals surface area contributed by atoms with Gasteiger partial charge in [-0.25, -0.2) is 4.68 Å². The third-order valence-corrected chi connectivity index (χ3v) is 7.35. The van der Waals surface area contributed by atoms with Crippen LogP contribution in [0.25, 0.3) is 11.1 Å². The van der Waals surface area contributed by atoms with Crippen molar-refractivity contribution in [2.45, 2.75) is 46.4 Å². The number of nitrogens with one attached hydrogen (secondary N) is 2. The zero-order valence-electron chi connectivity index (χ0n) is 25.3. The molecule has 0 saturated carbocycles. The van der Waals surface area contributed by atoms with Gasteiger partial charge in [0.2, 0.25) is 5.91 Å². The second-order valence-corrected chi connectivity index (χ2v) is 12.0. The number of rotatable bonds is 11. The fourth-order valence-corrected chi connectivity index (χ4v) is 5.05. The van der Waals surface area contributed by atoms with Crippen molar-refractivity contribution in [1.82, 2.24) is 24.9 Å². The third-order valence-electron chi connectivity index (χ3n) is 6.49. The predicted molar refractivity (Wildman–Crippen MR) is 179 cm³/mol. The monoisotopic (exact) mass is 688 g/mol. The minimum atomic E-state index is -0.889. The highest BCUT2D eigenvalue weighted by atomic mass is 79.9. The van der Waals surface area contributed by atoms with Gasteiger partial charge in [0.05, 0.1) is 5.69 Å². The minimum absolute atomic E-state index is 0.198. The lowest BCUT2D eigenvalue weighted by Gasteiger charge is -2.20. The molecule has 2 heterocycles. The predicted octanol–water partition coefficient (Wildman–Crippen LogP) is 6.66. The van der Waals surface area contributed by atoms with E-state index in [1.165, 1.54) is 10.9 Å². The highest BCUT2D eigenvalue weighted by molar-refractivity contribution is 9.10. The SMILES string of the molecule is CCCOCn1nc(C)c(-c2ccc(NC(=O)C(Cc3cc(Br)ccc3Cl)NC(=O)c3ccnn3C)cc2)c1C.CSC. The van der Waals surface area contributed by atoms with Crippen LogP contribution >= 0.6 is 39.3 Å². The number of carbonyl (C=O) groups is 2. The van der Waals surface area contributed by atoms with E-state index in [9.17, 15) is 9.59 Å². The molecule has 1 atom stereocenters. The Morgan fingerprint density at radius 1 is 1.12 bits per heavy atom. The van der Waals surface area contributed by atoms with Crippen molar-refractivity contribution in [3.05, 3.63) is 86.9 Å². The Morgan fingerprint density at radius 2 is 1.81 bits per heavy atom. The van der Waals surface area contributed by atoms with Gasteiger partial charge in [-0.05, 0) is 80.3 Å². The molecule has 0 aliphatic rings. The summed E-state index contributed by atoms with van der Waals surface area (Å²) in [6, 6.07) is 13.7. The van der Waals surface area contributed by atoms with Crippen molar-refractivity contribution in [2.75, 3.05) is 24.4 Å². The fourth-order valence-electron chi connectivity index (χ4n) is 4.44. The van der Waals surface area contributed by atoms with Gasteiger partial charge >= 0.3 is 0 Å². The molecule has 2 aromatic heterocycles. The summed E-state index contributed by atoms with van der Waals surface area (Å²) in [6.45, 7) is 7.14. The first kappa shape index (κ1) is 34.4. The van der Waals surface area contributed by atoms with Crippen LogP contribution in [-0.4, -0.2) is 56.5 Å². The number of amides is 2. The van der Waals surface area contributed by atoms with Gasteiger partial charge in [0, 0.05) is 52.7 Å². The van der Waals surface area contributed by atoms with Crippen LogP contribution in [0, 0.1) is 13.8 Å². The van der Waals surface area contributed by atoms with Gasteiger partial charge in [0.15, 0.2) is 0 Å². The summed E-state index contributed by atoms with van der Waals surface area (Å²) in [5, 5.41) is 15.0. The molecule has 2 amide bonds. The zero-order valence-corrected chi connectivity index (χ0v) is 28.4. The summed E-state index contributed by atoms with van der Waals surface area (Å²) in [6.07, 6.45) is 6.76. The van der Waals surface area contributed by atoms with Gasteiger partial charge in [-0.3, -0.25) is 14.3 Å². The summed E-state index contributed by atoms with van der Waals surface area (Å²) in [5.41, 5.74) is 5.59. The molecule has 43 heavy (non-hydrogen) atoms. The molecule has 0 aliphatic carbocycles. The summed E-state index contributed by atoms with van der Waals surface area (Å²) in [5.74, 6) is -0.778. The Bertz CT molecular complexity index is 1520. The van der Waals surface area contributed by atoms with Crippen LogP contribution in [-0.2, 0) is 29.7 Å². The lowest BCUT2D eigenvalue weighted by molar-refractivity contribution is -0.118. The summed E-state index contributed by atoms with van der Waals surface area (Å²) in [4.78, 5) is 26.4. The number of aromatic nitrogens is 4. The van der Waals surface area contributed by atoms with Crippen molar-refractivity contribution < 1.29 is 14.3 Å². The molecular weight excluding hydrogens is 652 g/mol. The normalized spacial score (nSPS) is 11.4. The number of nitrogens with zero attached hydrogens (tertiary/aromatic N) is 4. The van der Waals surface area contributed by atoms with Crippen LogP contribution in [0.1, 0.15) is 40.8 Å². The van der Waals surface area contributed by atoms with Crippen LogP contribution in [0.3, 0.4) is 0 Å². The van der Waals surface area contributed by atoms with E-state index in [0.29, 0.717) is 29.7 Å². The smallest absolute Gasteiger partial charge is 0.270 e. The number of hydrogen-bond donors (Lipinski definition) is 2. The van der Waals surface area contributed by atoms with Crippen LogP contribution in [0.2, 0.25) is 5.02 Å². The van der Waals surface area contributed by atoms with E-state index < -0.39 is 11.9 Å². The Labute approximate surface area is 270 Å². The van der Waals surface area contributed by atoms with Crippen molar-refractivity contribution in [2.24, 2.45) is 7.05 Å². The number of thioether (sulfide) groups is 1. The van der Waals surface area contributed by atoms with Crippen LogP contribution in [0.15, 0.2) is 59.2 Å². The van der Waals surface area contributed by atoms with E-state index in [2.05, 4.69) is 43.7 Å². The Hall–Kier alpha value is -3.12. The molecule has 0 radical (unpaired) electrons. The van der Waals surface area contributed by atoms with E-state index in [-0.39, 0.29) is 12.3 Å². The third kappa shape index (κ3) is 9.43. The van der Waals surface area contributed by atoms with Crippen molar-refractivity contribution >= 4 is 56.8 Å². The van der Waals surface area contributed by atoms with Gasteiger partial charge < -0.3 is 15.4 Å².